The fourth-order valence-corrected chi connectivity index (χ4v) is 3.46. The Morgan fingerprint density at radius 3 is 3.00 bits per heavy atom. The van der Waals surface area contributed by atoms with Crippen LogP contribution in [-0.2, 0) is 11.3 Å². The molecule has 8 heteroatoms. The van der Waals surface area contributed by atoms with Crippen molar-refractivity contribution >= 4 is 44.7 Å². The average Bonchev–Trinajstić information content (AvgIpc) is 2.64. The van der Waals surface area contributed by atoms with E-state index in [9.17, 15) is 9.18 Å². The Morgan fingerprint density at radius 1 is 1.41 bits per heavy atom. The van der Waals surface area contributed by atoms with E-state index in [1.165, 1.54) is 6.07 Å². The Morgan fingerprint density at radius 2 is 2.22 bits per heavy atom. The zero-order chi connectivity index (χ0) is 19.4. The molecule has 0 aliphatic carbocycles. The molecule has 0 spiro atoms. The minimum Gasteiger partial charge on any atom is -0.383 e. The molecular weight excluding hydrogens is 431 g/mol. The highest BCUT2D eigenvalue weighted by atomic mass is 79.9. The van der Waals surface area contributed by atoms with Gasteiger partial charge < -0.3 is 16.0 Å². The number of pyridine rings is 1. The molecule has 3 N–H and O–H groups in total. The first-order chi connectivity index (χ1) is 13.0. The summed E-state index contributed by atoms with van der Waals surface area (Å²) in [6.45, 7) is 2.72. The Bertz CT molecular complexity index is 932. The van der Waals surface area contributed by atoms with Gasteiger partial charge >= 0.3 is 0 Å². The van der Waals surface area contributed by atoms with Crippen LogP contribution in [0.5, 0.6) is 0 Å². The van der Waals surface area contributed by atoms with Gasteiger partial charge in [-0.05, 0) is 46.6 Å². The van der Waals surface area contributed by atoms with Crippen LogP contribution in [0.15, 0.2) is 52.4 Å². The molecule has 1 aromatic heterocycles. The molecule has 3 rings (SSSR count). The van der Waals surface area contributed by atoms with Gasteiger partial charge in [0.05, 0.1) is 5.57 Å². The van der Waals surface area contributed by atoms with Crippen molar-refractivity contribution in [2.75, 3.05) is 11.9 Å². The topological polar surface area (TPSA) is 66.1 Å². The van der Waals surface area contributed by atoms with Gasteiger partial charge in [0, 0.05) is 53.3 Å². The largest absolute Gasteiger partial charge is 0.383 e. The summed E-state index contributed by atoms with van der Waals surface area (Å²) in [7, 11) is 0. The van der Waals surface area contributed by atoms with Crippen LogP contribution in [0.25, 0.3) is 0 Å². The molecule has 1 amide bonds. The molecule has 5 nitrogen and oxygen atoms in total. The summed E-state index contributed by atoms with van der Waals surface area (Å²) in [6.07, 6.45) is 4.07. The third-order valence-corrected chi connectivity index (χ3v) is 5.30. The molecule has 1 aliphatic heterocycles. The number of nitrogens with one attached hydrogen (secondary N) is 3. The number of benzene rings is 1. The van der Waals surface area contributed by atoms with Crippen LogP contribution in [0, 0.1) is 12.7 Å². The molecule has 0 fully saturated rings. The third kappa shape index (κ3) is 4.51. The number of amides is 1. The lowest BCUT2D eigenvalue weighted by atomic mass is 10.1. The molecule has 0 unspecified atom stereocenters. The van der Waals surface area contributed by atoms with Crippen molar-refractivity contribution in [3.05, 3.63) is 69.3 Å². The molecule has 27 heavy (non-hydrogen) atoms. The number of hydrogen-bond acceptors (Lipinski definition) is 4. The van der Waals surface area contributed by atoms with Crippen LogP contribution in [0.3, 0.4) is 0 Å². The molecule has 0 saturated carbocycles. The second kappa shape index (κ2) is 8.58. The molecule has 0 atom stereocenters. The van der Waals surface area contributed by atoms with Crippen LogP contribution in [-0.4, -0.2) is 22.4 Å². The summed E-state index contributed by atoms with van der Waals surface area (Å²) in [4.78, 5) is 16.7. The zero-order valence-corrected chi connectivity index (χ0v) is 17.0. The van der Waals surface area contributed by atoms with Crippen molar-refractivity contribution in [1.29, 1.82) is 0 Å². The molecule has 1 aliphatic rings. The molecule has 1 aromatic carbocycles. The maximum atomic E-state index is 13.8. The summed E-state index contributed by atoms with van der Waals surface area (Å²) in [5.41, 5.74) is 3.15. The average molecular weight is 449 g/mol. The summed E-state index contributed by atoms with van der Waals surface area (Å²) >= 11 is 8.92. The van der Waals surface area contributed by atoms with Gasteiger partial charge in [-0.25, -0.2) is 4.39 Å². The maximum absolute atomic E-state index is 13.8. The number of anilines is 1. The van der Waals surface area contributed by atoms with Crippen LogP contribution in [0.4, 0.5) is 10.1 Å². The van der Waals surface area contributed by atoms with Gasteiger partial charge in [-0.15, -0.1) is 0 Å². The van der Waals surface area contributed by atoms with E-state index in [1.54, 1.807) is 31.5 Å². The van der Waals surface area contributed by atoms with Crippen molar-refractivity contribution in [3.63, 3.8) is 0 Å². The molecule has 0 saturated heterocycles. The van der Waals surface area contributed by atoms with E-state index >= 15 is 0 Å². The van der Waals surface area contributed by atoms with Crippen LogP contribution in [0.1, 0.15) is 17.5 Å². The van der Waals surface area contributed by atoms with Crippen LogP contribution < -0.4 is 16.0 Å². The van der Waals surface area contributed by atoms with E-state index in [-0.39, 0.29) is 16.7 Å². The van der Waals surface area contributed by atoms with Gasteiger partial charge in [-0.1, -0.05) is 18.3 Å². The lowest BCUT2D eigenvalue weighted by Gasteiger charge is -2.23. The molecule has 0 radical (unpaired) electrons. The minimum atomic E-state index is -0.328. The quantitative estimate of drug-likeness (QED) is 0.609. The second-order valence-electron chi connectivity index (χ2n) is 6.05. The highest BCUT2D eigenvalue weighted by Gasteiger charge is 2.24. The Labute approximate surface area is 170 Å². The van der Waals surface area contributed by atoms with Crippen molar-refractivity contribution in [1.82, 2.24) is 15.6 Å². The predicted octanol–water partition coefficient (Wildman–Crippen LogP) is 3.59. The Kier molecular flexibility index (Phi) is 6.18. The first-order valence-electron chi connectivity index (χ1n) is 8.37. The molecule has 0 bridgehead atoms. The van der Waals surface area contributed by atoms with Crippen molar-refractivity contribution < 1.29 is 9.18 Å². The number of hydrogen-bond donors (Lipinski definition) is 3. The molecule has 2 heterocycles. The fourth-order valence-electron chi connectivity index (χ4n) is 2.75. The van der Waals surface area contributed by atoms with Gasteiger partial charge in [-0.2, -0.15) is 0 Å². The van der Waals surface area contributed by atoms with Crippen LogP contribution in [0.2, 0.25) is 0 Å². The lowest BCUT2D eigenvalue weighted by molar-refractivity contribution is -0.117. The van der Waals surface area contributed by atoms with E-state index in [0.29, 0.717) is 36.3 Å². The number of carbonyl (C=O) groups excluding carboxylic acids is 1. The van der Waals surface area contributed by atoms with Gasteiger partial charge in [0.25, 0.3) is 5.91 Å². The van der Waals surface area contributed by atoms with Crippen molar-refractivity contribution in [2.24, 2.45) is 0 Å². The van der Waals surface area contributed by atoms with Gasteiger partial charge in [-0.3, -0.25) is 9.78 Å². The van der Waals surface area contributed by atoms with Gasteiger partial charge in [0.1, 0.15) is 10.8 Å². The van der Waals surface area contributed by atoms with Gasteiger partial charge in [0.2, 0.25) is 0 Å². The van der Waals surface area contributed by atoms with E-state index in [2.05, 4.69) is 36.9 Å². The standard InChI is InChI=1S/C19H18BrFN4OS/c1-11-14(21)3-2-4-15(11)25-19(27)17-16(6-8-23-18(17)26)24-9-12-5-7-22-10-13(12)20/h2-5,7,10,24H,6,8-9H2,1H3,(H,23,26)(H,25,27). The van der Waals surface area contributed by atoms with Gasteiger partial charge in [0.15, 0.2) is 0 Å². The minimum absolute atomic E-state index is 0.246. The monoisotopic (exact) mass is 448 g/mol. The SMILES string of the molecule is Cc1c(F)cccc1NC(=S)C1=C(NCc2ccncc2Br)CCNC1=O. The number of thiocarbonyl (C=S) groups is 1. The summed E-state index contributed by atoms with van der Waals surface area (Å²) in [5.74, 6) is -0.574. The van der Waals surface area contributed by atoms with E-state index in [1.807, 2.05) is 6.07 Å². The zero-order valence-electron chi connectivity index (χ0n) is 14.6. The first-order valence-corrected chi connectivity index (χ1v) is 9.57. The smallest absolute Gasteiger partial charge is 0.256 e. The van der Waals surface area contributed by atoms with E-state index in [0.717, 1.165) is 15.7 Å². The third-order valence-electron chi connectivity index (χ3n) is 4.28. The Hall–Kier alpha value is -2.32. The van der Waals surface area contributed by atoms with E-state index < -0.39 is 0 Å². The van der Waals surface area contributed by atoms with Crippen molar-refractivity contribution in [2.45, 2.75) is 19.9 Å². The number of halogens is 2. The maximum Gasteiger partial charge on any atom is 0.256 e. The van der Waals surface area contributed by atoms with Crippen molar-refractivity contribution in [3.8, 4) is 0 Å². The predicted molar refractivity (Wildman–Crippen MR) is 111 cm³/mol. The summed E-state index contributed by atoms with van der Waals surface area (Å²) < 4.78 is 14.7. The normalized spacial score (nSPS) is 14.0. The number of nitrogens with zero attached hydrogens (tertiary/aromatic N) is 1. The van der Waals surface area contributed by atoms with E-state index in [4.69, 9.17) is 12.2 Å². The second-order valence-corrected chi connectivity index (χ2v) is 7.31. The number of aromatic nitrogens is 1. The number of rotatable bonds is 5. The Balaban J connectivity index is 1.83. The van der Waals surface area contributed by atoms with Crippen LogP contribution >= 0.6 is 28.1 Å². The fraction of sp³-hybridized carbons (Fsp3) is 0.211. The first kappa shape index (κ1) is 19.4. The molecule has 2 aromatic rings. The summed E-state index contributed by atoms with van der Waals surface area (Å²) in [5, 5.41) is 9.12. The highest BCUT2D eigenvalue weighted by Crippen LogP contribution is 2.21. The number of carbonyl (C=O) groups is 1. The highest BCUT2D eigenvalue weighted by molar-refractivity contribution is 9.10. The molecule has 140 valence electrons. The summed E-state index contributed by atoms with van der Waals surface area (Å²) in [6, 6.07) is 6.61. The molecular formula is C19H18BrFN4OS. The lowest BCUT2D eigenvalue weighted by Crippen LogP contribution is -2.39.